The maximum absolute atomic E-state index is 11.4. The van der Waals surface area contributed by atoms with Crippen LogP contribution in [0.3, 0.4) is 0 Å². The van der Waals surface area contributed by atoms with Crippen LogP contribution < -0.4 is 4.74 Å². The molecule has 0 aliphatic heterocycles. The van der Waals surface area contributed by atoms with Gasteiger partial charge in [0, 0.05) is 16.9 Å². The van der Waals surface area contributed by atoms with E-state index in [1.807, 2.05) is 6.92 Å². The van der Waals surface area contributed by atoms with Gasteiger partial charge in [-0.05, 0) is 37.0 Å². The highest BCUT2D eigenvalue weighted by molar-refractivity contribution is 8.13. The molecule has 8 heteroatoms. The maximum atomic E-state index is 11.4. The third kappa shape index (κ3) is 7.68. The van der Waals surface area contributed by atoms with Crippen LogP contribution in [0.15, 0.2) is 29.2 Å². The highest BCUT2D eigenvalue weighted by Crippen LogP contribution is 2.18. The summed E-state index contributed by atoms with van der Waals surface area (Å²) in [4.78, 5) is 0.210. The lowest BCUT2D eigenvalue weighted by Crippen LogP contribution is -2.08. The fraction of sp³-hybridized carbons (Fsp3) is 0.538. The third-order valence-electron chi connectivity index (χ3n) is 2.97. The van der Waals surface area contributed by atoms with Gasteiger partial charge in [0.1, 0.15) is 5.75 Å². The second kappa shape index (κ2) is 7.47. The Morgan fingerprint density at radius 3 is 2.43 bits per heavy atom. The zero-order valence-corrected chi connectivity index (χ0v) is 14.3. The highest BCUT2D eigenvalue weighted by Gasteiger charge is 2.11. The van der Waals surface area contributed by atoms with E-state index < -0.39 is 18.9 Å². The Morgan fingerprint density at radius 1 is 1.19 bits per heavy atom. The van der Waals surface area contributed by atoms with Crippen molar-refractivity contribution < 1.29 is 21.6 Å². The molecule has 0 N–H and O–H groups in total. The lowest BCUT2D eigenvalue weighted by molar-refractivity contribution is 0.281. The van der Waals surface area contributed by atoms with Crippen molar-refractivity contribution in [2.75, 3.05) is 18.6 Å². The molecule has 0 heterocycles. The standard InChI is InChI=1S/C13H19ClO5S2/c1-11(7-9-21(14,17)18)6-8-19-12-4-3-5-13(10-12)20(2,15)16/h3-5,10-11H,6-9H2,1-2H3. The van der Waals surface area contributed by atoms with E-state index >= 15 is 0 Å². The van der Waals surface area contributed by atoms with Gasteiger partial charge in [-0.1, -0.05) is 13.0 Å². The summed E-state index contributed by atoms with van der Waals surface area (Å²) in [6, 6.07) is 6.29. The molecule has 5 nitrogen and oxygen atoms in total. The largest absolute Gasteiger partial charge is 0.494 e. The molecule has 120 valence electrons. The number of hydrogen-bond acceptors (Lipinski definition) is 5. The van der Waals surface area contributed by atoms with Crippen LogP contribution in [0.5, 0.6) is 5.75 Å². The minimum Gasteiger partial charge on any atom is -0.494 e. The van der Waals surface area contributed by atoms with Crippen LogP contribution in [0.1, 0.15) is 19.8 Å². The Balaban J connectivity index is 2.46. The highest BCUT2D eigenvalue weighted by atomic mass is 35.7. The Labute approximate surface area is 130 Å². The van der Waals surface area contributed by atoms with Gasteiger partial charge >= 0.3 is 0 Å². The first-order valence-corrected chi connectivity index (χ1v) is 10.8. The molecule has 1 rings (SSSR count). The van der Waals surface area contributed by atoms with Crippen LogP contribution >= 0.6 is 10.7 Å². The molecule has 1 aromatic rings. The summed E-state index contributed by atoms with van der Waals surface area (Å²) >= 11 is 0. The van der Waals surface area contributed by atoms with Gasteiger partial charge in [0.2, 0.25) is 9.05 Å². The summed E-state index contributed by atoms with van der Waals surface area (Å²) < 4.78 is 50.0. The van der Waals surface area contributed by atoms with Crippen LogP contribution in [0.2, 0.25) is 0 Å². The molecule has 0 aromatic heterocycles. The van der Waals surface area contributed by atoms with Crippen molar-refractivity contribution in [1.29, 1.82) is 0 Å². The van der Waals surface area contributed by atoms with E-state index in [4.69, 9.17) is 15.4 Å². The van der Waals surface area contributed by atoms with Crippen molar-refractivity contribution in [1.82, 2.24) is 0 Å². The van der Waals surface area contributed by atoms with Crippen LogP contribution in [-0.2, 0) is 18.9 Å². The number of ether oxygens (including phenoxy) is 1. The topological polar surface area (TPSA) is 77.5 Å². The Morgan fingerprint density at radius 2 is 1.86 bits per heavy atom. The second-order valence-corrected chi connectivity index (χ2v) is 9.93. The third-order valence-corrected chi connectivity index (χ3v) is 5.26. The smallest absolute Gasteiger partial charge is 0.232 e. The van der Waals surface area contributed by atoms with Gasteiger partial charge in [0.15, 0.2) is 9.84 Å². The summed E-state index contributed by atoms with van der Waals surface area (Å²) in [7, 11) is -1.56. The van der Waals surface area contributed by atoms with Crippen molar-refractivity contribution >= 4 is 29.6 Å². The van der Waals surface area contributed by atoms with E-state index in [1.165, 1.54) is 12.1 Å². The van der Waals surface area contributed by atoms with Crippen molar-refractivity contribution in [2.24, 2.45) is 5.92 Å². The summed E-state index contributed by atoms with van der Waals surface area (Å²) in [6.07, 6.45) is 2.27. The number of rotatable bonds is 8. The van der Waals surface area contributed by atoms with Crippen LogP contribution in [-0.4, -0.2) is 35.5 Å². The van der Waals surface area contributed by atoms with Gasteiger partial charge in [0.25, 0.3) is 0 Å². The minimum absolute atomic E-state index is 0.0563. The Bertz CT molecular complexity index is 668. The van der Waals surface area contributed by atoms with Crippen LogP contribution in [0, 0.1) is 5.92 Å². The van der Waals surface area contributed by atoms with Gasteiger partial charge < -0.3 is 4.74 Å². The molecule has 0 amide bonds. The molecule has 0 aliphatic carbocycles. The molecule has 1 atom stereocenters. The maximum Gasteiger partial charge on any atom is 0.232 e. The lowest BCUT2D eigenvalue weighted by Gasteiger charge is -2.12. The molecule has 1 aromatic carbocycles. The molecular formula is C13H19ClO5S2. The van der Waals surface area contributed by atoms with Crippen molar-refractivity contribution in [3.05, 3.63) is 24.3 Å². The van der Waals surface area contributed by atoms with E-state index in [9.17, 15) is 16.8 Å². The van der Waals surface area contributed by atoms with Gasteiger partial charge in [-0.2, -0.15) is 0 Å². The lowest BCUT2D eigenvalue weighted by atomic mass is 10.1. The quantitative estimate of drug-likeness (QED) is 0.670. The molecule has 0 spiro atoms. The molecule has 0 bridgehead atoms. The number of halogens is 1. The van der Waals surface area contributed by atoms with E-state index in [0.717, 1.165) is 6.26 Å². The average Bonchev–Trinajstić information content (AvgIpc) is 2.35. The monoisotopic (exact) mass is 354 g/mol. The Hall–Kier alpha value is -0.790. The average molecular weight is 355 g/mol. The zero-order valence-electron chi connectivity index (χ0n) is 12.0. The van der Waals surface area contributed by atoms with Crippen molar-refractivity contribution in [3.63, 3.8) is 0 Å². The van der Waals surface area contributed by atoms with Gasteiger partial charge in [-0.25, -0.2) is 16.8 Å². The molecule has 0 radical (unpaired) electrons. The predicted molar refractivity (Wildman–Crippen MR) is 83.1 cm³/mol. The van der Waals surface area contributed by atoms with Gasteiger partial charge in [-0.3, -0.25) is 0 Å². The number of hydrogen-bond donors (Lipinski definition) is 0. The Kier molecular flexibility index (Phi) is 6.49. The summed E-state index contributed by atoms with van der Waals surface area (Å²) in [6.45, 7) is 2.30. The summed E-state index contributed by atoms with van der Waals surface area (Å²) in [5.41, 5.74) is 0. The fourth-order valence-electron chi connectivity index (χ4n) is 1.66. The minimum atomic E-state index is -3.45. The predicted octanol–water partition coefficient (Wildman–Crippen LogP) is 2.45. The molecular weight excluding hydrogens is 336 g/mol. The van der Waals surface area contributed by atoms with Gasteiger partial charge in [0.05, 0.1) is 17.3 Å². The molecule has 21 heavy (non-hydrogen) atoms. The number of benzene rings is 1. The summed E-state index contributed by atoms with van der Waals surface area (Å²) in [5, 5.41) is 0. The SMILES string of the molecule is CC(CCOc1cccc(S(C)(=O)=O)c1)CCS(=O)(=O)Cl. The number of sulfone groups is 1. The second-order valence-electron chi connectivity index (χ2n) is 5.02. The van der Waals surface area contributed by atoms with Crippen LogP contribution in [0.4, 0.5) is 0 Å². The van der Waals surface area contributed by atoms with Crippen LogP contribution in [0.25, 0.3) is 0 Å². The van der Waals surface area contributed by atoms with E-state index in [-0.39, 0.29) is 16.6 Å². The molecule has 0 fully saturated rings. The zero-order chi connectivity index (χ0) is 16.1. The first kappa shape index (κ1) is 18.3. The summed E-state index contributed by atoms with van der Waals surface area (Å²) in [5.74, 6) is 0.575. The van der Waals surface area contributed by atoms with E-state index in [0.29, 0.717) is 25.2 Å². The van der Waals surface area contributed by atoms with E-state index in [2.05, 4.69) is 0 Å². The van der Waals surface area contributed by atoms with Crippen molar-refractivity contribution in [2.45, 2.75) is 24.7 Å². The first-order valence-electron chi connectivity index (χ1n) is 6.43. The molecule has 1 unspecified atom stereocenters. The normalized spacial score (nSPS) is 13.9. The fourth-order valence-corrected chi connectivity index (χ4v) is 3.27. The molecule has 0 aliphatic rings. The molecule has 0 saturated carbocycles. The first-order chi connectivity index (χ1) is 9.58. The van der Waals surface area contributed by atoms with E-state index in [1.54, 1.807) is 12.1 Å². The van der Waals surface area contributed by atoms with Crippen molar-refractivity contribution in [3.8, 4) is 5.75 Å². The van der Waals surface area contributed by atoms with Gasteiger partial charge in [-0.15, -0.1) is 0 Å². The molecule has 0 saturated heterocycles.